The first-order valence-corrected chi connectivity index (χ1v) is 9.18. The van der Waals surface area contributed by atoms with E-state index in [1.807, 2.05) is 29.3 Å². The van der Waals surface area contributed by atoms with Gasteiger partial charge >= 0.3 is 0 Å². The topological polar surface area (TPSA) is 45.5 Å². The Hall–Kier alpha value is -1.82. The van der Waals surface area contributed by atoms with Gasteiger partial charge in [0.1, 0.15) is 0 Å². The van der Waals surface area contributed by atoms with Crippen molar-refractivity contribution in [2.75, 3.05) is 26.2 Å². The third kappa shape index (κ3) is 4.13. The summed E-state index contributed by atoms with van der Waals surface area (Å²) in [5, 5.41) is 9.87. The van der Waals surface area contributed by atoms with Crippen LogP contribution in [0.3, 0.4) is 0 Å². The quantitative estimate of drug-likeness (QED) is 0.676. The molecular weight excluding hydrogens is 306 g/mol. The normalized spacial score (nSPS) is 18.6. The maximum Gasteiger partial charge on any atom is 0.193 e. The van der Waals surface area contributed by atoms with Crippen LogP contribution in [0.25, 0.3) is 0 Å². The van der Waals surface area contributed by atoms with E-state index in [9.17, 15) is 0 Å². The van der Waals surface area contributed by atoms with E-state index < -0.39 is 0 Å². The molecule has 23 heavy (non-hydrogen) atoms. The summed E-state index contributed by atoms with van der Waals surface area (Å²) < 4.78 is 1.89. The first kappa shape index (κ1) is 16.1. The van der Waals surface area contributed by atoms with Gasteiger partial charge in [0, 0.05) is 56.6 Å². The highest BCUT2D eigenvalue weighted by molar-refractivity contribution is 7.09. The molecule has 2 aromatic rings. The number of thiophene rings is 1. The van der Waals surface area contributed by atoms with Crippen LogP contribution in [-0.2, 0) is 13.5 Å². The van der Waals surface area contributed by atoms with Crippen LogP contribution in [-0.4, -0.2) is 46.8 Å². The van der Waals surface area contributed by atoms with Crippen molar-refractivity contribution in [3.8, 4) is 0 Å². The van der Waals surface area contributed by atoms with Crippen molar-refractivity contribution >= 4 is 17.3 Å². The van der Waals surface area contributed by atoms with Gasteiger partial charge in [-0.3, -0.25) is 9.67 Å². The third-order valence-corrected chi connectivity index (χ3v) is 5.15. The number of aromatic nitrogens is 2. The summed E-state index contributed by atoms with van der Waals surface area (Å²) in [6, 6.07) is 4.29. The van der Waals surface area contributed by atoms with E-state index in [0.29, 0.717) is 5.92 Å². The number of hydrogen-bond acceptors (Lipinski definition) is 3. The van der Waals surface area contributed by atoms with Crippen molar-refractivity contribution in [3.05, 3.63) is 40.3 Å². The van der Waals surface area contributed by atoms with Gasteiger partial charge in [-0.1, -0.05) is 6.07 Å². The van der Waals surface area contributed by atoms with E-state index in [-0.39, 0.29) is 0 Å². The van der Waals surface area contributed by atoms with Gasteiger partial charge in [-0.05, 0) is 30.4 Å². The van der Waals surface area contributed by atoms with Crippen molar-refractivity contribution in [2.24, 2.45) is 12.0 Å². The first-order chi connectivity index (χ1) is 11.3. The molecule has 1 aliphatic heterocycles. The zero-order valence-electron chi connectivity index (χ0n) is 13.9. The van der Waals surface area contributed by atoms with E-state index in [2.05, 4.69) is 45.9 Å². The summed E-state index contributed by atoms with van der Waals surface area (Å²) in [4.78, 5) is 8.61. The highest BCUT2D eigenvalue weighted by atomic mass is 32.1. The number of aliphatic imine (C=N–C) groups is 1. The number of nitrogens with zero attached hydrogens (tertiary/aromatic N) is 4. The van der Waals surface area contributed by atoms with Gasteiger partial charge in [0.15, 0.2) is 5.96 Å². The summed E-state index contributed by atoms with van der Waals surface area (Å²) in [6.07, 6.45) is 6.32. The molecule has 6 heteroatoms. The molecule has 0 bridgehead atoms. The Morgan fingerprint density at radius 2 is 2.43 bits per heavy atom. The summed E-state index contributed by atoms with van der Waals surface area (Å²) in [5.74, 6) is 1.61. The van der Waals surface area contributed by atoms with Crippen molar-refractivity contribution < 1.29 is 0 Å². The molecule has 3 heterocycles. The highest BCUT2D eigenvalue weighted by Gasteiger charge is 2.26. The molecular formula is C17H25N5S. The van der Waals surface area contributed by atoms with Crippen LogP contribution in [0.5, 0.6) is 0 Å². The monoisotopic (exact) mass is 331 g/mol. The average Bonchev–Trinajstić information content (AvgIpc) is 3.27. The van der Waals surface area contributed by atoms with Crippen molar-refractivity contribution in [1.82, 2.24) is 20.0 Å². The second kappa shape index (κ2) is 7.64. The van der Waals surface area contributed by atoms with Gasteiger partial charge in [0.25, 0.3) is 0 Å². The number of likely N-dealkylation sites (tertiary alicyclic amines) is 1. The molecule has 1 atom stereocenters. The van der Waals surface area contributed by atoms with E-state index in [4.69, 9.17) is 4.99 Å². The maximum absolute atomic E-state index is 4.82. The largest absolute Gasteiger partial charge is 0.357 e. The summed E-state index contributed by atoms with van der Waals surface area (Å²) in [6.45, 7) is 5.97. The SMILES string of the molecule is CCNC(=NCCc1cccs1)N1CCC(c2cnn(C)c2)C1. The molecule has 0 saturated carbocycles. The average molecular weight is 331 g/mol. The molecule has 0 spiro atoms. The Bertz CT molecular complexity index is 631. The lowest BCUT2D eigenvalue weighted by atomic mass is 10.0. The minimum absolute atomic E-state index is 0.560. The highest BCUT2D eigenvalue weighted by Crippen LogP contribution is 2.26. The van der Waals surface area contributed by atoms with Crippen LogP contribution in [0.1, 0.15) is 29.7 Å². The van der Waals surface area contributed by atoms with E-state index in [0.717, 1.165) is 38.6 Å². The van der Waals surface area contributed by atoms with Gasteiger partial charge in [-0.25, -0.2) is 0 Å². The van der Waals surface area contributed by atoms with Gasteiger partial charge in [-0.15, -0.1) is 11.3 Å². The molecule has 124 valence electrons. The maximum atomic E-state index is 4.82. The Morgan fingerprint density at radius 3 is 3.13 bits per heavy atom. The van der Waals surface area contributed by atoms with Gasteiger partial charge in [-0.2, -0.15) is 5.10 Å². The lowest BCUT2D eigenvalue weighted by Crippen LogP contribution is -2.40. The van der Waals surface area contributed by atoms with Crippen LogP contribution in [0, 0.1) is 0 Å². The van der Waals surface area contributed by atoms with Crippen LogP contribution >= 0.6 is 11.3 Å². The molecule has 1 N–H and O–H groups in total. The predicted octanol–water partition coefficient (Wildman–Crippen LogP) is 2.48. The molecule has 3 rings (SSSR count). The van der Waals surface area contributed by atoms with E-state index >= 15 is 0 Å². The number of hydrogen-bond donors (Lipinski definition) is 1. The zero-order valence-corrected chi connectivity index (χ0v) is 14.7. The summed E-state index contributed by atoms with van der Waals surface area (Å²) in [5.41, 5.74) is 1.34. The van der Waals surface area contributed by atoms with Gasteiger partial charge in [0.05, 0.1) is 6.20 Å². The second-order valence-corrected chi connectivity index (χ2v) is 6.98. The second-order valence-electron chi connectivity index (χ2n) is 5.94. The molecule has 0 aliphatic carbocycles. The van der Waals surface area contributed by atoms with Crippen LogP contribution in [0.4, 0.5) is 0 Å². The van der Waals surface area contributed by atoms with E-state index in [1.54, 1.807) is 0 Å². The van der Waals surface area contributed by atoms with Crippen LogP contribution in [0.2, 0.25) is 0 Å². The molecule has 2 aromatic heterocycles. The molecule has 1 fully saturated rings. The van der Waals surface area contributed by atoms with Gasteiger partial charge in [0.2, 0.25) is 0 Å². The van der Waals surface area contributed by atoms with Crippen LogP contribution in [0.15, 0.2) is 34.9 Å². The van der Waals surface area contributed by atoms with E-state index in [1.165, 1.54) is 16.9 Å². The van der Waals surface area contributed by atoms with Gasteiger partial charge < -0.3 is 10.2 Å². The molecule has 1 saturated heterocycles. The standard InChI is InChI=1S/C17H25N5S/c1-3-18-17(19-8-6-16-5-4-10-23-16)22-9-7-14(13-22)15-11-20-21(2)12-15/h4-5,10-12,14H,3,6-9,13H2,1-2H3,(H,18,19). The Labute approximate surface area is 142 Å². The smallest absolute Gasteiger partial charge is 0.193 e. The lowest BCUT2D eigenvalue weighted by Gasteiger charge is -2.21. The third-order valence-electron chi connectivity index (χ3n) is 4.22. The molecule has 5 nitrogen and oxygen atoms in total. The summed E-state index contributed by atoms with van der Waals surface area (Å²) in [7, 11) is 1.98. The lowest BCUT2D eigenvalue weighted by molar-refractivity contribution is 0.486. The number of guanidine groups is 1. The minimum atomic E-state index is 0.560. The fourth-order valence-corrected chi connectivity index (χ4v) is 3.73. The molecule has 0 aromatic carbocycles. The molecule has 0 amide bonds. The Kier molecular flexibility index (Phi) is 5.33. The predicted molar refractivity (Wildman–Crippen MR) is 96.1 cm³/mol. The molecule has 1 aliphatic rings. The zero-order chi connectivity index (χ0) is 16.1. The summed E-state index contributed by atoms with van der Waals surface area (Å²) >= 11 is 1.81. The number of rotatable bonds is 5. The first-order valence-electron chi connectivity index (χ1n) is 8.30. The minimum Gasteiger partial charge on any atom is -0.357 e. The number of nitrogens with one attached hydrogen (secondary N) is 1. The van der Waals surface area contributed by atoms with Crippen molar-refractivity contribution in [3.63, 3.8) is 0 Å². The molecule has 0 radical (unpaired) electrons. The Morgan fingerprint density at radius 1 is 1.52 bits per heavy atom. The molecule has 1 unspecified atom stereocenters. The van der Waals surface area contributed by atoms with Crippen molar-refractivity contribution in [1.29, 1.82) is 0 Å². The fraction of sp³-hybridized carbons (Fsp3) is 0.529. The number of aryl methyl sites for hydroxylation is 1. The fourth-order valence-electron chi connectivity index (χ4n) is 3.03. The Balaban J connectivity index is 1.59. The van der Waals surface area contributed by atoms with Crippen molar-refractivity contribution in [2.45, 2.75) is 25.7 Å². The van der Waals surface area contributed by atoms with Crippen LogP contribution < -0.4 is 5.32 Å².